The van der Waals surface area contributed by atoms with Crippen LogP contribution in [0, 0.1) is 5.92 Å². The average molecular weight is 365 g/mol. The molecule has 2 aliphatic rings. The van der Waals surface area contributed by atoms with E-state index in [1.165, 1.54) is 10.5 Å². The number of anilines is 1. The predicted octanol–water partition coefficient (Wildman–Crippen LogP) is 1.61. The van der Waals surface area contributed by atoms with Crippen molar-refractivity contribution in [2.75, 3.05) is 37.7 Å². The highest BCUT2D eigenvalue weighted by atomic mass is 16.5. The zero-order chi connectivity index (χ0) is 18.8. The second-order valence-electron chi connectivity index (χ2n) is 7.05. The van der Waals surface area contributed by atoms with Crippen LogP contribution in [0.15, 0.2) is 54.6 Å². The lowest BCUT2D eigenvalue weighted by molar-refractivity contribution is -0.131. The van der Waals surface area contributed by atoms with Crippen molar-refractivity contribution in [3.63, 3.8) is 0 Å². The van der Waals surface area contributed by atoms with Crippen LogP contribution in [0.4, 0.5) is 5.69 Å². The number of carbonyl (C=O) groups is 2. The van der Waals surface area contributed by atoms with Gasteiger partial charge >= 0.3 is 0 Å². The average Bonchev–Trinajstić information content (AvgIpc) is 3.15. The van der Waals surface area contributed by atoms with Crippen LogP contribution in [0.5, 0.6) is 5.75 Å². The molecular formula is C21H23N3O3. The first kappa shape index (κ1) is 17.5. The summed E-state index contributed by atoms with van der Waals surface area (Å²) in [5.74, 6) is 0.832. The van der Waals surface area contributed by atoms with Gasteiger partial charge < -0.3 is 15.4 Å². The third-order valence-corrected chi connectivity index (χ3v) is 5.43. The molecule has 0 radical (unpaired) electrons. The van der Waals surface area contributed by atoms with Crippen molar-refractivity contribution < 1.29 is 14.3 Å². The lowest BCUT2D eigenvalue weighted by Crippen LogP contribution is -2.46. The fraction of sp³-hybridized carbons (Fsp3) is 0.333. The van der Waals surface area contributed by atoms with E-state index < -0.39 is 0 Å². The Bertz CT molecular complexity index is 840. The fourth-order valence-electron chi connectivity index (χ4n) is 3.95. The van der Waals surface area contributed by atoms with Crippen LogP contribution in [0.2, 0.25) is 0 Å². The molecule has 6 nitrogen and oxygen atoms in total. The highest BCUT2D eigenvalue weighted by Gasteiger charge is 2.37. The van der Waals surface area contributed by atoms with E-state index in [-0.39, 0.29) is 36.8 Å². The summed E-state index contributed by atoms with van der Waals surface area (Å²) < 4.78 is 5.45. The normalized spacial score (nSPS) is 21.7. The summed E-state index contributed by atoms with van der Waals surface area (Å²) in [4.78, 5) is 28.6. The minimum absolute atomic E-state index is 0.0258. The Kier molecular flexibility index (Phi) is 4.81. The number of rotatable bonds is 4. The van der Waals surface area contributed by atoms with Gasteiger partial charge in [-0.2, -0.15) is 0 Å². The molecule has 0 saturated carbocycles. The Labute approximate surface area is 158 Å². The Hall–Kier alpha value is -2.86. The van der Waals surface area contributed by atoms with Crippen LogP contribution in [0.3, 0.4) is 0 Å². The van der Waals surface area contributed by atoms with E-state index >= 15 is 0 Å². The molecule has 27 heavy (non-hydrogen) atoms. The number of nitrogens with zero attached hydrogens (tertiary/aromatic N) is 2. The molecule has 0 aromatic heterocycles. The Morgan fingerprint density at radius 3 is 2.59 bits per heavy atom. The Balaban J connectivity index is 1.50. The van der Waals surface area contributed by atoms with Crippen LogP contribution in [0.25, 0.3) is 0 Å². The summed E-state index contributed by atoms with van der Waals surface area (Å²) in [6.07, 6.45) is 0. The smallest absolute Gasteiger partial charge is 0.265 e. The molecule has 0 spiro atoms. The van der Waals surface area contributed by atoms with E-state index in [1.54, 1.807) is 6.07 Å². The number of hydrogen-bond acceptors (Lipinski definition) is 4. The number of amides is 2. The monoisotopic (exact) mass is 365 g/mol. The highest BCUT2D eigenvalue weighted by Crippen LogP contribution is 2.34. The van der Waals surface area contributed by atoms with Gasteiger partial charge in [-0.15, -0.1) is 0 Å². The van der Waals surface area contributed by atoms with Crippen molar-refractivity contribution in [3.05, 3.63) is 60.2 Å². The van der Waals surface area contributed by atoms with Crippen LogP contribution in [0.1, 0.15) is 11.5 Å². The van der Waals surface area contributed by atoms with Crippen molar-refractivity contribution >= 4 is 17.5 Å². The molecule has 2 aromatic carbocycles. The molecule has 0 aliphatic carbocycles. The van der Waals surface area contributed by atoms with Gasteiger partial charge in [-0.05, 0) is 30.2 Å². The molecule has 140 valence electrons. The molecule has 2 amide bonds. The maximum Gasteiger partial charge on any atom is 0.265 e. The number of para-hydroxylation sites is 2. The summed E-state index contributed by atoms with van der Waals surface area (Å²) in [5, 5.41) is 0. The zero-order valence-electron chi connectivity index (χ0n) is 15.1. The molecule has 1 saturated heterocycles. The fourth-order valence-corrected chi connectivity index (χ4v) is 3.95. The van der Waals surface area contributed by atoms with E-state index in [2.05, 4.69) is 12.1 Å². The second-order valence-corrected chi connectivity index (χ2v) is 7.05. The minimum atomic E-state index is -0.198. The lowest BCUT2D eigenvalue weighted by Gasteiger charge is -2.30. The van der Waals surface area contributed by atoms with E-state index in [0.29, 0.717) is 31.1 Å². The molecule has 2 atom stereocenters. The standard InChI is InChI=1S/C21H23N3O3/c22-10-16-11-23(12-17(16)15-6-2-1-3-7-15)20(25)13-24-18-8-4-5-9-19(18)27-14-21(24)26/h1-9,16-17H,10-14,22H2/t16-,17+/m1/s1. The molecule has 2 heterocycles. The molecule has 0 bridgehead atoms. The van der Waals surface area contributed by atoms with Crippen molar-refractivity contribution in [1.29, 1.82) is 0 Å². The molecule has 2 N–H and O–H groups in total. The number of hydrogen-bond donors (Lipinski definition) is 1. The highest BCUT2D eigenvalue weighted by molar-refractivity contribution is 6.02. The SMILES string of the molecule is NC[C@@H]1CN(C(=O)CN2C(=O)COc3ccccc32)C[C@H]1c1ccccc1. The summed E-state index contributed by atoms with van der Waals surface area (Å²) in [6.45, 7) is 1.77. The van der Waals surface area contributed by atoms with Gasteiger partial charge in [0.05, 0.1) is 5.69 Å². The molecule has 2 aliphatic heterocycles. The van der Waals surface area contributed by atoms with Gasteiger partial charge in [-0.25, -0.2) is 0 Å². The van der Waals surface area contributed by atoms with Crippen molar-refractivity contribution in [2.45, 2.75) is 5.92 Å². The number of fused-ring (bicyclic) bond motifs is 1. The van der Waals surface area contributed by atoms with Crippen LogP contribution < -0.4 is 15.4 Å². The second kappa shape index (κ2) is 7.40. The largest absolute Gasteiger partial charge is 0.482 e. The van der Waals surface area contributed by atoms with Crippen LogP contribution >= 0.6 is 0 Å². The quantitative estimate of drug-likeness (QED) is 0.893. The number of ether oxygens (including phenoxy) is 1. The van der Waals surface area contributed by atoms with E-state index in [9.17, 15) is 9.59 Å². The molecule has 4 rings (SSSR count). The Morgan fingerprint density at radius 1 is 1.07 bits per heavy atom. The van der Waals surface area contributed by atoms with E-state index in [0.717, 1.165) is 0 Å². The van der Waals surface area contributed by atoms with Gasteiger partial charge in [0.1, 0.15) is 12.3 Å². The maximum atomic E-state index is 13.0. The summed E-state index contributed by atoms with van der Waals surface area (Å²) in [7, 11) is 0. The van der Waals surface area contributed by atoms with Crippen LogP contribution in [-0.2, 0) is 9.59 Å². The van der Waals surface area contributed by atoms with Crippen molar-refractivity contribution in [1.82, 2.24) is 4.90 Å². The molecule has 6 heteroatoms. The van der Waals surface area contributed by atoms with Gasteiger partial charge in [-0.1, -0.05) is 42.5 Å². The van der Waals surface area contributed by atoms with E-state index in [4.69, 9.17) is 10.5 Å². The topological polar surface area (TPSA) is 75.9 Å². The third kappa shape index (κ3) is 3.40. The van der Waals surface area contributed by atoms with Gasteiger partial charge in [0, 0.05) is 19.0 Å². The van der Waals surface area contributed by atoms with Crippen LogP contribution in [-0.4, -0.2) is 49.5 Å². The van der Waals surface area contributed by atoms with Crippen molar-refractivity contribution in [3.8, 4) is 5.75 Å². The molecule has 2 aromatic rings. The lowest BCUT2D eigenvalue weighted by atomic mass is 9.89. The number of carbonyl (C=O) groups excluding carboxylic acids is 2. The number of likely N-dealkylation sites (tertiary alicyclic amines) is 1. The first-order valence-electron chi connectivity index (χ1n) is 9.22. The zero-order valence-corrected chi connectivity index (χ0v) is 15.1. The van der Waals surface area contributed by atoms with Gasteiger partial charge in [-0.3, -0.25) is 14.5 Å². The molecule has 0 unspecified atom stereocenters. The van der Waals surface area contributed by atoms with E-state index in [1.807, 2.05) is 41.3 Å². The third-order valence-electron chi connectivity index (χ3n) is 5.43. The molecule has 1 fully saturated rings. The summed E-state index contributed by atoms with van der Waals surface area (Å²) in [5.41, 5.74) is 7.83. The first-order chi connectivity index (χ1) is 13.2. The summed E-state index contributed by atoms with van der Waals surface area (Å²) in [6, 6.07) is 17.5. The van der Waals surface area contributed by atoms with Gasteiger partial charge in [0.2, 0.25) is 5.91 Å². The minimum Gasteiger partial charge on any atom is -0.482 e. The number of benzene rings is 2. The van der Waals surface area contributed by atoms with Gasteiger partial charge in [0.25, 0.3) is 5.91 Å². The molecular weight excluding hydrogens is 342 g/mol. The Morgan fingerprint density at radius 2 is 1.81 bits per heavy atom. The predicted molar refractivity (Wildman–Crippen MR) is 103 cm³/mol. The first-order valence-corrected chi connectivity index (χ1v) is 9.22. The maximum absolute atomic E-state index is 13.0. The summed E-state index contributed by atoms with van der Waals surface area (Å²) >= 11 is 0. The number of nitrogens with two attached hydrogens (primary N) is 1. The van der Waals surface area contributed by atoms with Gasteiger partial charge in [0.15, 0.2) is 6.61 Å². The van der Waals surface area contributed by atoms with Crippen molar-refractivity contribution in [2.24, 2.45) is 11.7 Å².